The summed E-state index contributed by atoms with van der Waals surface area (Å²) in [6.45, 7) is 1.38. The monoisotopic (exact) mass is 483 g/mol. The van der Waals surface area contributed by atoms with Gasteiger partial charge in [-0.3, -0.25) is 9.10 Å². The molecule has 0 radical (unpaired) electrons. The van der Waals surface area contributed by atoms with E-state index >= 15 is 0 Å². The predicted molar refractivity (Wildman–Crippen MR) is 128 cm³/mol. The van der Waals surface area contributed by atoms with Crippen LogP contribution in [0.1, 0.15) is 11.1 Å². The molecular formula is C24H22ClN3O4S. The van der Waals surface area contributed by atoms with Crippen LogP contribution < -0.4 is 14.4 Å². The fourth-order valence-electron chi connectivity index (χ4n) is 3.09. The number of benzene rings is 3. The van der Waals surface area contributed by atoms with Gasteiger partial charge in [-0.05, 0) is 55.0 Å². The number of carbonyl (C=O) groups excluding carboxylic acids is 1. The smallest absolute Gasteiger partial charge is 0.264 e. The number of hydrogen-bond donors (Lipinski definition) is 1. The Hall–Kier alpha value is -3.54. The van der Waals surface area contributed by atoms with Crippen molar-refractivity contribution < 1.29 is 17.9 Å². The Kier molecular flexibility index (Phi) is 7.59. The van der Waals surface area contributed by atoms with E-state index in [0.717, 1.165) is 15.4 Å². The van der Waals surface area contributed by atoms with Crippen molar-refractivity contribution in [3.63, 3.8) is 0 Å². The van der Waals surface area contributed by atoms with Gasteiger partial charge in [0.25, 0.3) is 10.0 Å². The molecule has 0 unspecified atom stereocenters. The number of sulfonamides is 1. The Balaban J connectivity index is 1.93. The third-order valence-corrected chi connectivity index (χ3v) is 6.92. The molecular weight excluding hydrogens is 462 g/mol. The molecule has 170 valence electrons. The van der Waals surface area contributed by atoms with Gasteiger partial charge < -0.3 is 10.1 Å². The summed E-state index contributed by atoms with van der Waals surface area (Å²) >= 11 is 6.23. The Bertz CT molecular complexity index is 1280. The third-order valence-electron chi connectivity index (χ3n) is 4.84. The number of anilines is 2. The number of methoxy groups -OCH3 is 1. The van der Waals surface area contributed by atoms with E-state index in [9.17, 15) is 13.2 Å². The third kappa shape index (κ3) is 5.83. The molecule has 0 aliphatic rings. The number of hydrogen-bond acceptors (Lipinski definition) is 5. The van der Waals surface area contributed by atoms with Gasteiger partial charge >= 0.3 is 0 Å². The van der Waals surface area contributed by atoms with E-state index in [1.54, 1.807) is 42.5 Å². The van der Waals surface area contributed by atoms with Gasteiger partial charge in [0.2, 0.25) is 5.91 Å². The minimum absolute atomic E-state index is 0.0497. The predicted octanol–water partition coefficient (Wildman–Crippen LogP) is 4.56. The van der Waals surface area contributed by atoms with Crippen molar-refractivity contribution in [2.75, 3.05) is 23.3 Å². The van der Waals surface area contributed by atoms with Gasteiger partial charge in [0.15, 0.2) is 0 Å². The molecule has 3 rings (SSSR count). The second kappa shape index (κ2) is 10.4. The lowest BCUT2D eigenvalue weighted by atomic mass is 10.1. The maximum atomic E-state index is 13.5. The maximum Gasteiger partial charge on any atom is 0.264 e. The number of nitrogens with one attached hydrogen (secondary N) is 1. The zero-order chi connectivity index (χ0) is 24.0. The van der Waals surface area contributed by atoms with E-state index < -0.39 is 22.5 Å². The first-order chi connectivity index (χ1) is 15.7. The SMILES string of the molecule is COc1ccc(N(CC(=O)Nc2ccc(CC#N)cc2)S(=O)(=O)c2ccc(C)cc2)cc1Cl. The van der Waals surface area contributed by atoms with Crippen molar-refractivity contribution in [1.29, 1.82) is 5.26 Å². The summed E-state index contributed by atoms with van der Waals surface area (Å²) < 4.78 is 33.1. The maximum absolute atomic E-state index is 13.5. The topological polar surface area (TPSA) is 99.5 Å². The standard InChI is InChI=1S/C24H22ClN3O4S/c1-17-3-10-21(11-4-17)33(30,31)28(20-9-12-23(32-2)22(25)15-20)16-24(29)27-19-7-5-18(6-8-19)13-14-26/h3-12,15H,13,16H2,1-2H3,(H,27,29). The van der Waals surface area contributed by atoms with E-state index in [2.05, 4.69) is 11.4 Å². The van der Waals surface area contributed by atoms with Gasteiger partial charge in [-0.1, -0.05) is 41.4 Å². The van der Waals surface area contributed by atoms with Crippen molar-refractivity contribution in [2.24, 2.45) is 0 Å². The minimum atomic E-state index is -4.07. The zero-order valence-electron chi connectivity index (χ0n) is 18.1. The second-order valence-electron chi connectivity index (χ2n) is 7.22. The summed E-state index contributed by atoms with van der Waals surface area (Å²) in [6, 6.07) is 19.7. The summed E-state index contributed by atoms with van der Waals surface area (Å²) in [5, 5.41) is 11.7. The molecule has 0 fully saturated rings. The Morgan fingerprint density at radius 3 is 2.33 bits per heavy atom. The highest BCUT2D eigenvalue weighted by molar-refractivity contribution is 7.92. The lowest BCUT2D eigenvalue weighted by Crippen LogP contribution is -2.38. The van der Waals surface area contributed by atoms with Crippen LogP contribution in [0.2, 0.25) is 5.02 Å². The molecule has 0 aromatic heterocycles. The first-order valence-corrected chi connectivity index (χ1v) is 11.7. The number of halogens is 1. The normalized spacial score (nSPS) is 10.8. The fraction of sp³-hybridized carbons (Fsp3) is 0.167. The van der Waals surface area contributed by atoms with Crippen molar-refractivity contribution in [1.82, 2.24) is 0 Å². The zero-order valence-corrected chi connectivity index (χ0v) is 19.7. The van der Waals surface area contributed by atoms with E-state index in [0.29, 0.717) is 11.4 Å². The summed E-state index contributed by atoms with van der Waals surface area (Å²) in [5.41, 5.74) is 2.43. The highest BCUT2D eigenvalue weighted by atomic mass is 35.5. The molecule has 0 aliphatic carbocycles. The van der Waals surface area contributed by atoms with Crippen LogP contribution in [0.4, 0.5) is 11.4 Å². The Labute approximate surface area is 198 Å². The van der Waals surface area contributed by atoms with Crippen LogP contribution in [-0.4, -0.2) is 28.0 Å². The van der Waals surface area contributed by atoms with Crippen molar-refractivity contribution in [3.05, 3.63) is 82.9 Å². The number of nitrogens with zero attached hydrogens (tertiary/aromatic N) is 2. The van der Waals surface area contributed by atoms with Crippen molar-refractivity contribution in [3.8, 4) is 11.8 Å². The van der Waals surface area contributed by atoms with Gasteiger partial charge in [0.1, 0.15) is 12.3 Å². The second-order valence-corrected chi connectivity index (χ2v) is 9.49. The average molecular weight is 484 g/mol. The molecule has 0 bridgehead atoms. The first-order valence-electron chi connectivity index (χ1n) is 9.93. The van der Waals surface area contributed by atoms with E-state index in [-0.39, 0.29) is 22.0 Å². The Morgan fingerprint density at radius 2 is 1.76 bits per heavy atom. The average Bonchev–Trinajstić information content (AvgIpc) is 2.79. The van der Waals surface area contributed by atoms with Gasteiger partial charge in [0.05, 0.1) is 35.2 Å². The molecule has 0 atom stereocenters. The van der Waals surface area contributed by atoms with Crippen LogP contribution in [0.5, 0.6) is 5.75 Å². The fourth-order valence-corrected chi connectivity index (χ4v) is 4.76. The molecule has 7 nitrogen and oxygen atoms in total. The van der Waals surface area contributed by atoms with Gasteiger partial charge in [0, 0.05) is 5.69 Å². The lowest BCUT2D eigenvalue weighted by Gasteiger charge is -2.24. The van der Waals surface area contributed by atoms with Crippen LogP contribution in [-0.2, 0) is 21.2 Å². The lowest BCUT2D eigenvalue weighted by molar-refractivity contribution is -0.114. The molecule has 3 aromatic carbocycles. The number of nitriles is 1. The van der Waals surface area contributed by atoms with Crippen LogP contribution in [0.15, 0.2) is 71.6 Å². The molecule has 0 heterocycles. The van der Waals surface area contributed by atoms with Crippen molar-refractivity contribution in [2.45, 2.75) is 18.2 Å². The molecule has 0 spiro atoms. The van der Waals surface area contributed by atoms with E-state index in [4.69, 9.17) is 21.6 Å². The first kappa shape index (κ1) is 24.1. The quantitative estimate of drug-likeness (QED) is 0.506. The highest BCUT2D eigenvalue weighted by Gasteiger charge is 2.28. The number of ether oxygens (including phenoxy) is 1. The molecule has 9 heteroatoms. The number of aryl methyl sites for hydroxylation is 1. The molecule has 3 aromatic rings. The molecule has 0 saturated heterocycles. The molecule has 1 amide bonds. The van der Waals surface area contributed by atoms with Crippen LogP contribution in [0.25, 0.3) is 0 Å². The minimum Gasteiger partial charge on any atom is -0.495 e. The van der Waals surface area contributed by atoms with E-state index in [1.165, 1.54) is 31.4 Å². The summed E-state index contributed by atoms with van der Waals surface area (Å²) in [6.07, 6.45) is 0.259. The van der Waals surface area contributed by atoms with Crippen LogP contribution in [0.3, 0.4) is 0 Å². The van der Waals surface area contributed by atoms with Crippen molar-refractivity contribution >= 4 is 38.9 Å². The van der Waals surface area contributed by atoms with Gasteiger partial charge in [-0.2, -0.15) is 5.26 Å². The molecule has 0 saturated carbocycles. The molecule has 1 N–H and O–H groups in total. The number of amides is 1. The number of carbonyl (C=O) groups is 1. The van der Waals surface area contributed by atoms with Gasteiger partial charge in [-0.25, -0.2) is 8.42 Å². The summed E-state index contributed by atoms with van der Waals surface area (Å²) in [5.74, 6) is -0.152. The van der Waals surface area contributed by atoms with Crippen LogP contribution in [0, 0.1) is 18.3 Å². The Morgan fingerprint density at radius 1 is 1.09 bits per heavy atom. The number of rotatable bonds is 8. The highest BCUT2D eigenvalue weighted by Crippen LogP contribution is 2.32. The summed E-state index contributed by atoms with van der Waals surface area (Å²) in [7, 11) is -2.62. The molecule has 0 aliphatic heterocycles. The molecule has 33 heavy (non-hydrogen) atoms. The summed E-state index contributed by atoms with van der Waals surface area (Å²) in [4.78, 5) is 12.9. The van der Waals surface area contributed by atoms with E-state index in [1.807, 2.05) is 6.92 Å². The van der Waals surface area contributed by atoms with Crippen LogP contribution >= 0.6 is 11.6 Å². The largest absolute Gasteiger partial charge is 0.495 e. The van der Waals surface area contributed by atoms with Gasteiger partial charge in [-0.15, -0.1) is 0 Å².